The Morgan fingerprint density at radius 2 is 1.79 bits per heavy atom. The molecule has 0 radical (unpaired) electrons. The largest absolute Gasteiger partial charge is 0.495 e. The van der Waals surface area contributed by atoms with Gasteiger partial charge in [0.1, 0.15) is 24.6 Å². The molecule has 0 atom stereocenters. The Bertz CT molecular complexity index is 1420. The second-order valence-corrected chi connectivity index (χ2v) is 9.60. The summed E-state index contributed by atoms with van der Waals surface area (Å²) in [5.41, 5.74) is 3.28. The van der Waals surface area contributed by atoms with E-state index in [9.17, 15) is 14.4 Å². The Hall–Kier alpha value is -4.06. The summed E-state index contributed by atoms with van der Waals surface area (Å²) in [6.45, 7) is 1.94. The van der Waals surface area contributed by atoms with Gasteiger partial charge in [0.2, 0.25) is 5.91 Å². The number of hydrogen-bond donors (Lipinski definition) is 2. The van der Waals surface area contributed by atoms with Crippen molar-refractivity contribution in [2.45, 2.75) is 13.5 Å². The van der Waals surface area contributed by atoms with Crippen LogP contribution in [0.4, 0.5) is 10.5 Å². The van der Waals surface area contributed by atoms with Crippen molar-refractivity contribution in [1.29, 1.82) is 0 Å². The zero-order valence-corrected chi connectivity index (χ0v) is 23.2. The van der Waals surface area contributed by atoms with Crippen molar-refractivity contribution in [3.8, 4) is 17.2 Å². The first kappa shape index (κ1) is 27.0. The van der Waals surface area contributed by atoms with E-state index in [1.54, 1.807) is 30.3 Å². The minimum Gasteiger partial charge on any atom is -0.495 e. The lowest BCUT2D eigenvalue weighted by Gasteiger charge is -2.14. The van der Waals surface area contributed by atoms with Crippen molar-refractivity contribution >= 4 is 52.2 Å². The number of benzene rings is 3. The smallest absolute Gasteiger partial charge is 0.329 e. The summed E-state index contributed by atoms with van der Waals surface area (Å²) in [4.78, 5) is 38.8. The normalized spacial score (nSPS) is 13.9. The van der Waals surface area contributed by atoms with Crippen LogP contribution in [-0.2, 0) is 16.2 Å². The second kappa shape index (κ2) is 12.0. The molecule has 0 aromatic heterocycles. The molecule has 0 unspecified atom stereocenters. The van der Waals surface area contributed by atoms with Gasteiger partial charge in [-0.1, -0.05) is 42.0 Å². The van der Waals surface area contributed by atoms with Gasteiger partial charge in [-0.05, 0) is 71.0 Å². The standard InChI is InChI=1S/C28H26IN3O6/c1-17-7-6-8-18(11-17)16-38-26-20(29)12-19(14-24(26)37-3)13-22-27(34)32(28(35)31-22)15-25(33)30-21-9-4-5-10-23(21)36-2/h4-14H,15-16H2,1-3H3,(H,30,33)(H,31,35)/b22-13+. The summed E-state index contributed by atoms with van der Waals surface area (Å²) in [6, 6.07) is 17.7. The molecule has 2 N–H and O–H groups in total. The maximum absolute atomic E-state index is 12.9. The number of amides is 4. The number of halogens is 1. The van der Waals surface area contributed by atoms with Crippen LogP contribution in [0.1, 0.15) is 16.7 Å². The summed E-state index contributed by atoms with van der Waals surface area (Å²) < 4.78 is 17.6. The molecule has 1 heterocycles. The third-order valence-electron chi connectivity index (χ3n) is 5.67. The first-order valence-electron chi connectivity index (χ1n) is 11.6. The molecule has 0 spiro atoms. The Labute approximate surface area is 233 Å². The minimum atomic E-state index is -0.684. The molecule has 4 amide bonds. The van der Waals surface area contributed by atoms with Gasteiger partial charge in [-0.2, -0.15) is 0 Å². The molecule has 196 valence electrons. The van der Waals surface area contributed by atoms with Gasteiger partial charge in [-0.15, -0.1) is 0 Å². The minimum absolute atomic E-state index is 0.0476. The van der Waals surface area contributed by atoms with Gasteiger partial charge in [0.15, 0.2) is 11.5 Å². The molecule has 0 bridgehead atoms. The summed E-state index contributed by atoms with van der Waals surface area (Å²) >= 11 is 2.14. The number of imide groups is 1. The number of para-hydroxylation sites is 2. The molecule has 3 aromatic rings. The number of rotatable bonds is 9. The molecule has 38 heavy (non-hydrogen) atoms. The van der Waals surface area contributed by atoms with E-state index < -0.39 is 24.4 Å². The molecule has 3 aromatic carbocycles. The molecule has 4 rings (SSSR count). The first-order chi connectivity index (χ1) is 18.3. The van der Waals surface area contributed by atoms with Gasteiger partial charge in [0, 0.05) is 0 Å². The van der Waals surface area contributed by atoms with Crippen molar-refractivity contribution in [1.82, 2.24) is 10.2 Å². The number of carbonyl (C=O) groups excluding carboxylic acids is 3. The predicted octanol–water partition coefficient (Wildman–Crippen LogP) is 4.73. The van der Waals surface area contributed by atoms with Gasteiger partial charge in [-0.3, -0.25) is 9.59 Å². The van der Waals surface area contributed by atoms with Crippen LogP contribution < -0.4 is 24.8 Å². The fourth-order valence-electron chi connectivity index (χ4n) is 3.88. The van der Waals surface area contributed by atoms with Crippen LogP contribution >= 0.6 is 22.6 Å². The number of anilines is 1. The number of carbonyl (C=O) groups is 3. The zero-order chi connectivity index (χ0) is 27.2. The predicted molar refractivity (Wildman–Crippen MR) is 151 cm³/mol. The number of methoxy groups -OCH3 is 2. The Morgan fingerprint density at radius 3 is 2.53 bits per heavy atom. The second-order valence-electron chi connectivity index (χ2n) is 8.44. The quantitative estimate of drug-likeness (QED) is 0.202. The maximum atomic E-state index is 12.9. The van der Waals surface area contributed by atoms with Gasteiger partial charge < -0.3 is 24.8 Å². The highest BCUT2D eigenvalue weighted by atomic mass is 127. The average molecular weight is 627 g/mol. The summed E-state index contributed by atoms with van der Waals surface area (Å²) in [6.07, 6.45) is 1.54. The molecular weight excluding hydrogens is 601 g/mol. The summed E-state index contributed by atoms with van der Waals surface area (Å²) in [5, 5.41) is 5.20. The third-order valence-corrected chi connectivity index (χ3v) is 6.47. The van der Waals surface area contributed by atoms with Gasteiger partial charge in [0.25, 0.3) is 5.91 Å². The van der Waals surface area contributed by atoms with E-state index in [1.165, 1.54) is 20.3 Å². The molecule has 9 nitrogen and oxygen atoms in total. The van der Waals surface area contributed by atoms with Crippen LogP contribution in [0, 0.1) is 10.5 Å². The Morgan fingerprint density at radius 1 is 1.03 bits per heavy atom. The fourth-order valence-corrected chi connectivity index (χ4v) is 4.66. The van der Waals surface area contributed by atoms with Crippen molar-refractivity contribution < 1.29 is 28.6 Å². The number of nitrogens with one attached hydrogen (secondary N) is 2. The van der Waals surface area contributed by atoms with Crippen LogP contribution in [0.25, 0.3) is 6.08 Å². The molecule has 10 heteroatoms. The third kappa shape index (κ3) is 6.25. The molecule has 0 saturated carbocycles. The fraction of sp³-hybridized carbons (Fsp3) is 0.179. The van der Waals surface area contributed by atoms with Crippen molar-refractivity contribution in [2.75, 3.05) is 26.1 Å². The molecule has 0 aliphatic carbocycles. The topological polar surface area (TPSA) is 106 Å². The first-order valence-corrected chi connectivity index (χ1v) is 12.7. The van der Waals surface area contributed by atoms with E-state index in [2.05, 4.69) is 39.3 Å². The molecule has 1 fully saturated rings. The van der Waals surface area contributed by atoms with Gasteiger partial charge in [0.05, 0.1) is 23.5 Å². The van der Waals surface area contributed by atoms with Gasteiger partial charge >= 0.3 is 6.03 Å². The zero-order valence-electron chi connectivity index (χ0n) is 21.0. The van der Waals surface area contributed by atoms with E-state index in [4.69, 9.17) is 14.2 Å². The van der Waals surface area contributed by atoms with E-state index in [0.717, 1.165) is 19.6 Å². The summed E-state index contributed by atoms with van der Waals surface area (Å²) in [5.74, 6) is 0.382. The number of hydrogen-bond acceptors (Lipinski definition) is 6. The highest BCUT2D eigenvalue weighted by Gasteiger charge is 2.35. The lowest BCUT2D eigenvalue weighted by molar-refractivity contribution is -0.127. The van der Waals surface area contributed by atoms with Crippen molar-refractivity contribution in [3.63, 3.8) is 0 Å². The van der Waals surface area contributed by atoms with E-state index in [-0.39, 0.29) is 5.70 Å². The highest BCUT2D eigenvalue weighted by molar-refractivity contribution is 14.1. The number of aryl methyl sites for hydroxylation is 1. The van der Waals surface area contributed by atoms with Crippen LogP contribution in [0.15, 0.2) is 66.4 Å². The SMILES string of the molecule is COc1ccccc1NC(=O)CN1C(=O)N/C(=C/c2cc(I)c(OCc3cccc(C)c3)c(OC)c2)C1=O. The lowest BCUT2D eigenvalue weighted by atomic mass is 10.1. The average Bonchev–Trinajstić information content (AvgIpc) is 3.15. The number of urea groups is 1. The maximum Gasteiger partial charge on any atom is 0.329 e. The van der Waals surface area contributed by atoms with E-state index >= 15 is 0 Å². The number of ether oxygens (including phenoxy) is 3. The molecule has 1 saturated heterocycles. The van der Waals surface area contributed by atoms with Crippen LogP contribution in [-0.4, -0.2) is 43.5 Å². The lowest BCUT2D eigenvalue weighted by Crippen LogP contribution is -2.38. The monoisotopic (exact) mass is 627 g/mol. The van der Waals surface area contributed by atoms with E-state index in [0.29, 0.717) is 35.1 Å². The van der Waals surface area contributed by atoms with Crippen LogP contribution in [0.2, 0.25) is 0 Å². The highest BCUT2D eigenvalue weighted by Crippen LogP contribution is 2.35. The number of nitrogens with zero attached hydrogens (tertiary/aromatic N) is 1. The Balaban J connectivity index is 1.47. The molecule has 1 aliphatic heterocycles. The van der Waals surface area contributed by atoms with Gasteiger partial charge in [-0.25, -0.2) is 9.69 Å². The summed E-state index contributed by atoms with van der Waals surface area (Å²) in [7, 11) is 3.02. The Kier molecular flexibility index (Phi) is 8.52. The van der Waals surface area contributed by atoms with Crippen molar-refractivity contribution in [2.24, 2.45) is 0 Å². The van der Waals surface area contributed by atoms with Crippen LogP contribution in [0.5, 0.6) is 17.2 Å². The van der Waals surface area contributed by atoms with E-state index in [1.807, 2.05) is 31.2 Å². The molecular formula is C28H26IN3O6. The molecule has 1 aliphatic rings. The van der Waals surface area contributed by atoms with Crippen molar-refractivity contribution in [3.05, 3.63) is 86.6 Å². The van der Waals surface area contributed by atoms with Crippen LogP contribution in [0.3, 0.4) is 0 Å².